The molecule has 0 spiro atoms. The lowest BCUT2D eigenvalue weighted by molar-refractivity contribution is 0.617. The molecule has 0 aromatic heterocycles. The molecule has 0 amide bonds. The van der Waals surface area contributed by atoms with Gasteiger partial charge < -0.3 is 0 Å². The first-order valence-electron chi connectivity index (χ1n) is 7.62. The fraction of sp³-hybridized carbons (Fsp3) is 0.765. The van der Waals surface area contributed by atoms with E-state index < -0.39 is 0 Å². The summed E-state index contributed by atoms with van der Waals surface area (Å²) >= 11 is 0. The van der Waals surface area contributed by atoms with Crippen LogP contribution in [0.2, 0.25) is 0 Å². The van der Waals surface area contributed by atoms with E-state index in [1.165, 1.54) is 51.4 Å². The van der Waals surface area contributed by atoms with Crippen molar-refractivity contribution in [3.05, 3.63) is 22.8 Å². The van der Waals surface area contributed by atoms with Gasteiger partial charge in [0.1, 0.15) is 0 Å². The lowest BCUT2D eigenvalue weighted by atomic mass is 9.90. The van der Waals surface area contributed by atoms with Crippen molar-refractivity contribution in [3.63, 3.8) is 0 Å². The molecule has 0 saturated carbocycles. The average molecular weight is 233 g/mol. The van der Waals surface area contributed by atoms with Gasteiger partial charge in [0.25, 0.3) is 0 Å². The molecular formula is C17H29. The summed E-state index contributed by atoms with van der Waals surface area (Å²) in [4.78, 5) is 0. The van der Waals surface area contributed by atoms with Crippen molar-refractivity contribution in [1.82, 2.24) is 0 Å². The summed E-state index contributed by atoms with van der Waals surface area (Å²) in [6.45, 7) is 9.18. The number of rotatable bonds is 8. The molecule has 1 radical (unpaired) electrons. The van der Waals surface area contributed by atoms with E-state index in [9.17, 15) is 0 Å². The van der Waals surface area contributed by atoms with E-state index in [2.05, 4.69) is 33.8 Å². The second kappa shape index (κ2) is 7.74. The Hall–Kier alpha value is -0.520. The van der Waals surface area contributed by atoms with E-state index in [1.54, 1.807) is 16.7 Å². The SMILES string of the molecule is CCCC1=[C]C(CCC)C(CCC)=C1CCC. The Balaban J connectivity index is 2.91. The number of hydrogen-bond acceptors (Lipinski definition) is 0. The second-order valence-electron chi connectivity index (χ2n) is 5.22. The van der Waals surface area contributed by atoms with Crippen LogP contribution in [0.25, 0.3) is 0 Å². The Bertz CT molecular complexity index is 280. The Morgan fingerprint density at radius 3 is 2.00 bits per heavy atom. The molecule has 1 atom stereocenters. The van der Waals surface area contributed by atoms with Gasteiger partial charge in [-0.1, -0.05) is 59.0 Å². The molecule has 1 aliphatic carbocycles. The van der Waals surface area contributed by atoms with Crippen LogP contribution >= 0.6 is 0 Å². The van der Waals surface area contributed by atoms with Crippen LogP contribution in [0.15, 0.2) is 16.7 Å². The first-order valence-corrected chi connectivity index (χ1v) is 7.62. The fourth-order valence-electron chi connectivity index (χ4n) is 2.95. The Kier molecular flexibility index (Phi) is 6.62. The van der Waals surface area contributed by atoms with Crippen LogP contribution in [0.5, 0.6) is 0 Å². The zero-order valence-corrected chi connectivity index (χ0v) is 12.2. The quantitative estimate of drug-likeness (QED) is 0.494. The molecule has 17 heavy (non-hydrogen) atoms. The molecule has 0 fully saturated rings. The van der Waals surface area contributed by atoms with Crippen molar-refractivity contribution in [2.24, 2.45) is 5.92 Å². The predicted molar refractivity (Wildman–Crippen MR) is 76.9 cm³/mol. The largest absolute Gasteiger partial charge is 0.0653 e. The first kappa shape index (κ1) is 14.5. The summed E-state index contributed by atoms with van der Waals surface area (Å²) in [5, 5.41) is 0. The van der Waals surface area contributed by atoms with Crippen molar-refractivity contribution < 1.29 is 0 Å². The monoisotopic (exact) mass is 233 g/mol. The molecule has 0 aromatic carbocycles. The topological polar surface area (TPSA) is 0 Å². The van der Waals surface area contributed by atoms with Crippen LogP contribution in [-0.2, 0) is 0 Å². The van der Waals surface area contributed by atoms with Gasteiger partial charge in [0.15, 0.2) is 0 Å². The minimum absolute atomic E-state index is 0.656. The molecule has 0 bridgehead atoms. The van der Waals surface area contributed by atoms with Crippen LogP contribution in [0.3, 0.4) is 0 Å². The maximum atomic E-state index is 3.81. The van der Waals surface area contributed by atoms with Crippen molar-refractivity contribution in [2.45, 2.75) is 79.1 Å². The fourth-order valence-corrected chi connectivity index (χ4v) is 2.95. The lowest BCUT2D eigenvalue weighted by Crippen LogP contribution is -1.99. The molecule has 0 heterocycles. The van der Waals surface area contributed by atoms with E-state index in [-0.39, 0.29) is 0 Å². The first-order chi connectivity index (χ1) is 8.28. The van der Waals surface area contributed by atoms with E-state index in [0.717, 1.165) is 0 Å². The van der Waals surface area contributed by atoms with E-state index >= 15 is 0 Å². The van der Waals surface area contributed by atoms with Crippen LogP contribution in [0.4, 0.5) is 0 Å². The third-order valence-corrected chi connectivity index (χ3v) is 3.62. The zero-order chi connectivity index (χ0) is 12.7. The third-order valence-electron chi connectivity index (χ3n) is 3.62. The highest BCUT2D eigenvalue weighted by Crippen LogP contribution is 2.39. The molecule has 0 saturated heterocycles. The Labute approximate surface area is 108 Å². The van der Waals surface area contributed by atoms with Gasteiger partial charge in [0.05, 0.1) is 0 Å². The van der Waals surface area contributed by atoms with E-state index in [1.807, 2.05) is 0 Å². The van der Waals surface area contributed by atoms with Gasteiger partial charge in [-0.25, -0.2) is 0 Å². The normalized spacial score (nSPS) is 20.0. The Morgan fingerprint density at radius 1 is 0.824 bits per heavy atom. The number of allylic oxidation sites excluding steroid dienone is 4. The number of hydrogen-bond donors (Lipinski definition) is 0. The summed E-state index contributed by atoms with van der Waals surface area (Å²) in [6, 6.07) is 0. The maximum absolute atomic E-state index is 3.81. The predicted octanol–water partition coefficient (Wildman–Crippen LogP) is 5.84. The minimum Gasteiger partial charge on any atom is -0.0653 e. The minimum atomic E-state index is 0.656. The lowest BCUT2D eigenvalue weighted by Gasteiger charge is -2.14. The van der Waals surface area contributed by atoms with Gasteiger partial charge in [-0.15, -0.1) is 0 Å². The van der Waals surface area contributed by atoms with Gasteiger partial charge in [-0.05, 0) is 42.9 Å². The molecule has 0 aliphatic heterocycles. The summed E-state index contributed by atoms with van der Waals surface area (Å²) in [5.74, 6) is 0.656. The van der Waals surface area contributed by atoms with Crippen LogP contribution in [0.1, 0.15) is 79.1 Å². The highest BCUT2D eigenvalue weighted by molar-refractivity contribution is 5.42. The molecule has 97 valence electrons. The Morgan fingerprint density at radius 2 is 1.47 bits per heavy atom. The van der Waals surface area contributed by atoms with Gasteiger partial charge >= 0.3 is 0 Å². The maximum Gasteiger partial charge on any atom is 0.00598 e. The molecular weight excluding hydrogens is 204 g/mol. The average Bonchev–Trinajstić information content (AvgIpc) is 2.61. The van der Waals surface area contributed by atoms with Crippen molar-refractivity contribution in [3.8, 4) is 0 Å². The van der Waals surface area contributed by atoms with E-state index in [4.69, 9.17) is 0 Å². The molecule has 0 heteroatoms. The van der Waals surface area contributed by atoms with Gasteiger partial charge in [-0.3, -0.25) is 0 Å². The van der Waals surface area contributed by atoms with Crippen LogP contribution < -0.4 is 0 Å². The third kappa shape index (κ3) is 3.72. The van der Waals surface area contributed by atoms with Gasteiger partial charge in [-0.2, -0.15) is 0 Å². The summed E-state index contributed by atoms with van der Waals surface area (Å²) in [5.41, 5.74) is 4.99. The standard InChI is InChI=1S/C17H29/c1-5-9-14-13-15(10-6-2)17(12-8-4)16(14)11-7-3/h14H,5-12H2,1-4H3. The van der Waals surface area contributed by atoms with E-state index in [0.29, 0.717) is 5.92 Å². The van der Waals surface area contributed by atoms with Crippen molar-refractivity contribution in [1.29, 1.82) is 0 Å². The van der Waals surface area contributed by atoms with Crippen molar-refractivity contribution >= 4 is 0 Å². The smallest absolute Gasteiger partial charge is 0.00598 e. The van der Waals surface area contributed by atoms with Crippen LogP contribution in [-0.4, -0.2) is 0 Å². The molecule has 1 unspecified atom stereocenters. The van der Waals surface area contributed by atoms with Crippen LogP contribution in [0, 0.1) is 12.0 Å². The molecule has 1 rings (SSSR count). The highest BCUT2D eigenvalue weighted by Gasteiger charge is 2.24. The van der Waals surface area contributed by atoms with Gasteiger partial charge in [0.2, 0.25) is 0 Å². The molecule has 0 nitrogen and oxygen atoms in total. The summed E-state index contributed by atoms with van der Waals surface area (Å²) < 4.78 is 0. The zero-order valence-electron chi connectivity index (χ0n) is 12.2. The van der Waals surface area contributed by atoms with Gasteiger partial charge in [0, 0.05) is 5.92 Å². The summed E-state index contributed by atoms with van der Waals surface area (Å²) in [6.07, 6.45) is 14.0. The van der Waals surface area contributed by atoms with Crippen molar-refractivity contribution in [2.75, 3.05) is 0 Å². The molecule has 0 N–H and O–H groups in total. The molecule has 0 aromatic rings. The summed E-state index contributed by atoms with van der Waals surface area (Å²) in [7, 11) is 0. The second-order valence-corrected chi connectivity index (χ2v) is 5.22. The molecule has 1 aliphatic rings. The highest BCUT2D eigenvalue weighted by atomic mass is 14.3.